The predicted octanol–water partition coefficient (Wildman–Crippen LogP) is 2.77. The van der Waals surface area contributed by atoms with Gasteiger partial charge in [-0.25, -0.2) is 4.39 Å². The summed E-state index contributed by atoms with van der Waals surface area (Å²) >= 11 is 0. The van der Waals surface area contributed by atoms with Crippen molar-refractivity contribution in [1.29, 1.82) is 0 Å². The van der Waals surface area contributed by atoms with Gasteiger partial charge in [0.05, 0.1) is 7.11 Å². The first-order chi connectivity index (χ1) is 12.2. The minimum Gasteiger partial charge on any atom is -0.494 e. The van der Waals surface area contributed by atoms with Gasteiger partial charge in [-0.3, -0.25) is 4.99 Å². The van der Waals surface area contributed by atoms with E-state index in [4.69, 9.17) is 4.74 Å². The third-order valence-electron chi connectivity index (χ3n) is 4.54. The molecule has 0 saturated carbocycles. The number of methoxy groups -OCH3 is 1. The first-order valence-corrected chi connectivity index (χ1v) is 9.22. The van der Waals surface area contributed by atoms with E-state index in [1.54, 1.807) is 13.1 Å². The number of nitrogens with zero attached hydrogens (tertiary/aromatic N) is 2. The molecule has 1 saturated heterocycles. The molecule has 1 aliphatic rings. The lowest BCUT2D eigenvalue weighted by molar-refractivity contribution is 0.282. The Hall–Kier alpha value is -1.82. The molecular weight excluding hydrogens is 319 g/mol. The van der Waals surface area contributed by atoms with Gasteiger partial charge in [0.15, 0.2) is 17.5 Å². The molecule has 1 aliphatic heterocycles. The first-order valence-electron chi connectivity index (χ1n) is 9.22. The molecule has 6 heteroatoms. The molecule has 0 bridgehead atoms. The number of hydrogen-bond acceptors (Lipinski definition) is 3. The Labute approximate surface area is 150 Å². The van der Waals surface area contributed by atoms with Crippen LogP contribution in [0.15, 0.2) is 23.2 Å². The van der Waals surface area contributed by atoms with Gasteiger partial charge in [-0.1, -0.05) is 18.9 Å². The summed E-state index contributed by atoms with van der Waals surface area (Å²) < 4.78 is 18.6. The minimum atomic E-state index is -0.345. The Morgan fingerprint density at radius 2 is 1.96 bits per heavy atom. The Morgan fingerprint density at radius 1 is 1.20 bits per heavy atom. The van der Waals surface area contributed by atoms with Gasteiger partial charge in [-0.05, 0) is 56.6 Å². The molecule has 0 unspecified atom stereocenters. The highest BCUT2D eigenvalue weighted by Crippen LogP contribution is 2.17. The summed E-state index contributed by atoms with van der Waals surface area (Å²) in [5, 5.41) is 6.54. The van der Waals surface area contributed by atoms with Crippen LogP contribution in [0.5, 0.6) is 5.75 Å². The Balaban J connectivity index is 1.67. The van der Waals surface area contributed by atoms with Gasteiger partial charge in [0.2, 0.25) is 0 Å². The number of benzene rings is 1. The highest BCUT2D eigenvalue weighted by molar-refractivity contribution is 5.79. The highest BCUT2D eigenvalue weighted by Gasteiger charge is 2.08. The molecule has 2 rings (SSSR count). The van der Waals surface area contributed by atoms with Crippen LogP contribution in [0.4, 0.5) is 4.39 Å². The van der Waals surface area contributed by atoms with Gasteiger partial charge < -0.3 is 20.3 Å². The second-order valence-electron chi connectivity index (χ2n) is 6.43. The van der Waals surface area contributed by atoms with Crippen molar-refractivity contribution < 1.29 is 9.13 Å². The SMILES string of the molecule is CN=C(NCCCN1CCCCCC1)NCc1ccc(OC)c(F)c1. The Kier molecular flexibility index (Phi) is 8.52. The van der Waals surface area contributed by atoms with Crippen molar-refractivity contribution in [2.24, 2.45) is 4.99 Å². The maximum atomic E-state index is 13.7. The number of nitrogens with one attached hydrogen (secondary N) is 2. The molecule has 0 aromatic heterocycles. The van der Waals surface area contributed by atoms with Gasteiger partial charge in [-0.2, -0.15) is 0 Å². The summed E-state index contributed by atoms with van der Waals surface area (Å²) in [6.45, 7) is 5.00. The molecule has 1 heterocycles. The minimum absolute atomic E-state index is 0.264. The van der Waals surface area contributed by atoms with Gasteiger partial charge in [-0.15, -0.1) is 0 Å². The van der Waals surface area contributed by atoms with E-state index in [1.807, 2.05) is 6.07 Å². The standard InChI is InChI=1S/C19H31FN4O/c1-21-19(22-10-7-13-24-11-5-3-4-6-12-24)23-15-16-8-9-18(25-2)17(20)14-16/h8-9,14H,3-7,10-13,15H2,1-2H3,(H2,21,22,23). The number of rotatable bonds is 7. The maximum Gasteiger partial charge on any atom is 0.191 e. The van der Waals surface area contributed by atoms with Crippen LogP contribution in [0.25, 0.3) is 0 Å². The predicted molar refractivity (Wildman–Crippen MR) is 101 cm³/mol. The van der Waals surface area contributed by atoms with E-state index in [2.05, 4.69) is 20.5 Å². The average molecular weight is 350 g/mol. The van der Waals surface area contributed by atoms with Crippen molar-refractivity contribution >= 4 is 5.96 Å². The molecule has 0 amide bonds. The average Bonchev–Trinajstić information content (AvgIpc) is 2.90. The quantitative estimate of drug-likeness (QED) is 0.451. The van der Waals surface area contributed by atoms with E-state index in [1.165, 1.54) is 51.9 Å². The Bertz CT molecular complexity index is 542. The lowest BCUT2D eigenvalue weighted by Gasteiger charge is -2.20. The molecule has 5 nitrogen and oxygen atoms in total. The normalized spacial score (nSPS) is 16.4. The molecule has 1 aromatic rings. The van der Waals surface area contributed by atoms with E-state index >= 15 is 0 Å². The van der Waals surface area contributed by atoms with Crippen molar-refractivity contribution in [3.8, 4) is 5.75 Å². The number of ether oxygens (including phenoxy) is 1. The van der Waals surface area contributed by atoms with E-state index in [-0.39, 0.29) is 11.6 Å². The fourth-order valence-corrected chi connectivity index (χ4v) is 3.10. The van der Waals surface area contributed by atoms with Crippen molar-refractivity contribution in [3.05, 3.63) is 29.6 Å². The van der Waals surface area contributed by atoms with Crippen LogP contribution < -0.4 is 15.4 Å². The summed E-state index contributed by atoms with van der Waals surface area (Å²) in [7, 11) is 3.21. The topological polar surface area (TPSA) is 48.9 Å². The summed E-state index contributed by atoms with van der Waals surface area (Å²) in [6, 6.07) is 4.98. The molecule has 0 radical (unpaired) electrons. The monoisotopic (exact) mass is 350 g/mol. The van der Waals surface area contributed by atoms with Crippen molar-refractivity contribution in [2.75, 3.05) is 40.3 Å². The third-order valence-corrected chi connectivity index (χ3v) is 4.54. The van der Waals surface area contributed by atoms with Gasteiger partial charge in [0, 0.05) is 20.1 Å². The maximum absolute atomic E-state index is 13.7. The van der Waals surface area contributed by atoms with Crippen molar-refractivity contribution in [1.82, 2.24) is 15.5 Å². The number of likely N-dealkylation sites (tertiary alicyclic amines) is 1. The zero-order valence-electron chi connectivity index (χ0n) is 15.5. The largest absolute Gasteiger partial charge is 0.494 e. The molecule has 0 atom stereocenters. The molecule has 140 valence electrons. The molecule has 1 aromatic carbocycles. The van der Waals surface area contributed by atoms with Gasteiger partial charge in [0.1, 0.15) is 0 Å². The summed E-state index contributed by atoms with van der Waals surface area (Å²) in [4.78, 5) is 6.78. The number of guanidine groups is 1. The molecule has 0 aliphatic carbocycles. The van der Waals surface area contributed by atoms with Crippen LogP contribution in [-0.4, -0.2) is 51.2 Å². The van der Waals surface area contributed by atoms with Gasteiger partial charge in [0.25, 0.3) is 0 Å². The molecule has 25 heavy (non-hydrogen) atoms. The molecular formula is C19H31FN4O. The van der Waals surface area contributed by atoms with Gasteiger partial charge >= 0.3 is 0 Å². The lowest BCUT2D eigenvalue weighted by Crippen LogP contribution is -2.38. The molecule has 2 N–H and O–H groups in total. The second kappa shape index (κ2) is 10.9. The summed E-state index contributed by atoms with van der Waals surface area (Å²) in [6.07, 6.45) is 6.50. The fraction of sp³-hybridized carbons (Fsp3) is 0.632. The molecule has 0 spiro atoms. The van der Waals surface area contributed by atoms with E-state index in [0.717, 1.165) is 31.0 Å². The zero-order valence-corrected chi connectivity index (χ0v) is 15.5. The fourth-order valence-electron chi connectivity index (χ4n) is 3.10. The summed E-state index contributed by atoms with van der Waals surface area (Å²) in [5.41, 5.74) is 0.853. The van der Waals surface area contributed by atoms with Crippen LogP contribution in [0.2, 0.25) is 0 Å². The van der Waals surface area contributed by atoms with Crippen molar-refractivity contribution in [3.63, 3.8) is 0 Å². The van der Waals surface area contributed by atoms with E-state index in [9.17, 15) is 4.39 Å². The Morgan fingerprint density at radius 3 is 2.60 bits per heavy atom. The van der Waals surface area contributed by atoms with Crippen LogP contribution in [-0.2, 0) is 6.54 Å². The molecule has 1 fully saturated rings. The van der Waals surface area contributed by atoms with E-state index < -0.39 is 0 Å². The third kappa shape index (κ3) is 6.90. The van der Waals surface area contributed by atoms with Crippen LogP contribution in [0, 0.1) is 5.82 Å². The number of halogens is 1. The van der Waals surface area contributed by atoms with Crippen molar-refractivity contribution in [2.45, 2.75) is 38.6 Å². The second-order valence-corrected chi connectivity index (χ2v) is 6.43. The first kappa shape index (κ1) is 19.5. The lowest BCUT2D eigenvalue weighted by atomic mass is 10.2. The number of hydrogen-bond donors (Lipinski definition) is 2. The van der Waals surface area contributed by atoms with Crippen LogP contribution in [0.1, 0.15) is 37.7 Å². The number of aliphatic imine (C=N–C) groups is 1. The van der Waals surface area contributed by atoms with Crippen LogP contribution in [0.3, 0.4) is 0 Å². The zero-order chi connectivity index (χ0) is 17.9. The van der Waals surface area contributed by atoms with Crippen LogP contribution >= 0.6 is 0 Å². The van der Waals surface area contributed by atoms with E-state index in [0.29, 0.717) is 6.54 Å². The smallest absolute Gasteiger partial charge is 0.191 e. The summed E-state index contributed by atoms with van der Waals surface area (Å²) in [5.74, 6) is 0.661. The highest BCUT2D eigenvalue weighted by atomic mass is 19.1.